The third-order valence-corrected chi connectivity index (χ3v) is 8.23. The lowest BCUT2D eigenvalue weighted by molar-refractivity contribution is -0.121. The minimum atomic E-state index is -0.563. The molecule has 1 atom stereocenters. The molecule has 1 N–H and O–H groups in total. The van der Waals surface area contributed by atoms with E-state index in [0.717, 1.165) is 26.8 Å². The average molecular weight is 595 g/mol. The van der Waals surface area contributed by atoms with Crippen LogP contribution in [0, 0.1) is 0 Å². The predicted molar refractivity (Wildman–Crippen MR) is 164 cm³/mol. The number of ether oxygens (including phenoxy) is 2. The fraction of sp³-hybridized carbons (Fsp3) is 0.294. The zero-order chi connectivity index (χ0) is 30.8. The first-order valence-electron chi connectivity index (χ1n) is 14.8. The lowest BCUT2D eigenvalue weighted by Gasteiger charge is -2.38. The lowest BCUT2D eigenvalue weighted by Crippen LogP contribution is -2.45. The van der Waals surface area contributed by atoms with Crippen LogP contribution in [-0.4, -0.2) is 45.5 Å². The van der Waals surface area contributed by atoms with Gasteiger partial charge in [-0.15, -0.1) is 0 Å². The van der Waals surface area contributed by atoms with Crippen molar-refractivity contribution in [2.24, 2.45) is 14.1 Å². The Hall–Kier alpha value is -5.12. The number of nitrogens with one attached hydrogen (secondary N) is 1. The van der Waals surface area contributed by atoms with Crippen molar-refractivity contribution in [2.75, 3.05) is 19.7 Å². The molecular weight excluding hydrogens is 560 g/mol. The number of carbonyl (C=O) groups excluding carboxylic acids is 2. The Balaban J connectivity index is 1.41. The number of nitrogens with zero attached hydrogens (tertiary/aromatic N) is 3. The van der Waals surface area contributed by atoms with Crippen molar-refractivity contribution in [1.29, 1.82) is 0 Å². The highest BCUT2D eigenvalue weighted by Crippen LogP contribution is 2.39. The molecule has 0 spiro atoms. The van der Waals surface area contributed by atoms with Gasteiger partial charge in [0.05, 0.1) is 12.6 Å². The minimum Gasteiger partial charge on any atom is -0.494 e. The molecule has 0 saturated heterocycles. The molecule has 1 aromatic heterocycles. The Morgan fingerprint density at radius 2 is 1.64 bits per heavy atom. The van der Waals surface area contributed by atoms with E-state index < -0.39 is 23.2 Å². The quantitative estimate of drug-likeness (QED) is 0.361. The highest BCUT2D eigenvalue weighted by Gasteiger charge is 2.34. The van der Waals surface area contributed by atoms with Gasteiger partial charge in [-0.2, -0.15) is 0 Å². The second-order valence-electron chi connectivity index (χ2n) is 11.2. The van der Waals surface area contributed by atoms with Crippen LogP contribution in [0.2, 0.25) is 0 Å². The van der Waals surface area contributed by atoms with Gasteiger partial charge in [0.25, 0.3) is 11.5 Å². The van der Waals surface area contributed by atoms with E-state index in [0.29, 0.717) is 62.6 Å². The van der Waals surface area contributed by atoms with Crippen LogP contribution >= 0.6 is 0 Å². The second-order valence-corrected chi connectivity index (χ2v) is 11.2. The SMILES string of the molecule is Cn1c(C(=O)N2CCc3cc4ccc3C2c2cccc(c2)OCCCNC(=O)CCc2ccc(cc2)O4)cc(=O)n(C)c1=O. The summed E-state index contributed by atoms with van der Waals surface area (Å²) in [5, 5.41) is 2.95. The van der Waals surface area contributed by atoms with Crippen LogP contribution in [0.15, 0.2) is 82.4 Å². The molecule has 6 heterocycles. The predicted octanol–water partition coefficient (Wildman–Crippen LogP) is 3.50. The summed E-state index contributed by atoms with van der Waals surface area (Å²) in [7, 11) is 2.88. The normalized spacial score (nSPS) is 16.8. The monoisotopic (exact) mass is 594 g/mol. The summed E-state index contributed by atoms with van der Waals surface area (Å²) in [4.78, 5) is 53.3. The first-order chi connectivity index (χ1) is 21.3. The van der Waals surface area contributed by atoms with Gasteiger partial charge in [-0.1, -0.05) is 30.3 Å². The number of hydrogen-bond acceptors (Lipinski definition) is 6. The Bertz CT molecular complexity index is 1840. The average Bonchev–Trinajstić information content (AvgIpc) is 3.04. The Labute approximate surface area is 254 Å². The van der Waals surface area contributed by atoms with Crippen LogP contribution in [-0.2, 0) is 31.7 Å². The maximum atomic E-state index is 14.1. The van der Waals surface area contributed by atoms with E-state index in [-0.39, 0.29) is 11.6 Å². The van der Waals surface area contributed by atoms with Gasteiger partial charge in [-0.05, 0) is 77.9 Å². The molecule has 0 radical (unpaired) electrons. The second kappa shape index (κ2) is 12.2. The molecule has 0 saturated carbocycles. The van der Waals surface area contributed by atoms with E-state index in [4.69, 9.17) is 9.47 Å². The van der Waals surface area contributed by atoms with E-state index in [9.17, 15) is 19.2 Å². The van der Waals surface area contributed by atoms with E-state index >= 15 is 0 Å². The zero-order valence-electron chi connectivity index (χ0n) is 24.7. The number of aryl methyl sites for hydroxylation is 1. The van der Waals surface area contributed by atoms with Crippen LogP contribution in [0.4, 0.5) is 0 Å². The molecule has 5 aliphatic rings. The molecule has 10 nitrogen and oxygen atoms in total. The van der Waals surface area contributed by atoms with Crippen molar-refractivity contribution < 1.29 is 19.1 Å². The molecule has 1 unspecified atom stereocenters. The highest BCUT2D eigenvalue weighted by molar-refractivity contribution is 5.93. The summed E-state index contributed by atoms with van der Waals surface area (Å²) in [6, 6.07) is 21.9. The number of aromatic nitrogens is 2. The van der Waals surface area contributed by atoms with Crippen molar-refractivity contribution in [3.8, 4) is 17.2 Å². The first-order valence-corrected chi connectivity index (χ1v) is 14.8. The Morgan fingerprint density at radius 3 is 2.45 bits per heavy atom. The fourth-order valence-corrected chi connectivity index (χ4v) is 5.80. The van der Waals surface area contributed by atoms with Crippen LogP contribution in [0.5, 0.6) is 17.2 Å². The molecule has 3 aromatic carbocycles. The molecular formula is C34H34N4O6. The van der Waals surface area contributed by atoms with Gasteiger partial charge in [0.15, 0.2) is 0 Å². The summed E-state index contributed by atoms with van der Waals surface area (Å²) in [5.74, 6) is 1.58. The van der Waals surface area contributed by atoms with E-state index in [2.05, 4.69) is 5.32 Å². The molecule has 0 aliphatic carbocycles. The fourth-order valence-electron chi connectivity index (χ4n) is 5.80. The molecule has 0 fully saturated rings. The van der Waals surface area contributed by atoms with Gasteiger partial charge >= 0.3 is 5.69 Å². The largest absolute Gasteiger partial charge is 0.494 e. The van der Waals surface area contributed by atoms with Crippen molar-refractivity contribution in [1.82, 2.24) is 19.4 Å². The summed E-state index contributed by atoms with van der Waals surface area (Å²) in [6.45, 7) is 1.27. The minimum absolute atomic E-state index is 0.00893. The summed E-state index contributed by atoms with van der Waals surface area (Å²) in [5.41, 5.74) is 2.76. The van der Waals surface area contributed by atoms with Crippen LogP contribution in [0.1, 0.15) is 51.6 Å². The molecule has 10 heteroatoms. The highest BCUT2D eigenvalue weighted by atomic mass is 16.5. The van der Waals surface area contributed by atoms with Crippen molar-refractivity contribution in [3.63, 3.8) is 0 Å². The van der Waals surface area contributed by atoms with Gasteiger partial charge < -0.3 is 19.7 Å². The molecule has 2 amide bonds. The summed E-state index contributed by atoms with van der Waals surface area (Å²) >= 11 is 0. The van der Waals surface area contributed by atoms with Gasteiger partial charge in [0.2, 0.25) is 5.91 Å². The molecule has 226 valence electrons. The third-order valence-electron chi connectivity index (χ3n) is 8.23. The number of benzene rings is 3. The Kier molecular flexibility index (Phi) is 8.06. The smallest absolute Gasteiger partial charge is 0.331 e. The molecule has 8 bridgehead atoms. The van der Waals surface area contributed by atoms with Gasteiger partial charge in [-0.3, -0.25) is 23.5 Å². The summed E-state index contributed by atoms with van der Waals surface area (Å²) < 4.78 is 14.4. The third kappa shape index (κ3) is 5.88. The van der Waals surface area contributed by atoms with Crippen molar-refractivity contribution in [3.05, 3.63) is 122 Å². The molecule has 9 rings (SSSR count). The number of amides is 2. The van der Waals surface area contributed by atoms with Crippen LogP contribution < -0.4 is 26.0 Å². The van der Waals surface area contributed by atoms with E-state index in [1.54, 1.807) is 4.90 Å². The van der Waals surface area contributed by atoms with Crippen molar-refractivity contribution in [2.45, 2.75) is 31.7 Å². The molecule has 44 heavy (non-hydrogen) atoms. The van der Waals surface area contributed by atoms with Gasteiger partial charge in [0, 0.05) is 39.7 Å². The van der Waals surface area contributed by atoms with E-state index in [1.165, 1.54) is 24.7 Å². The van der Waals surface area contributed by atoms with Crippen molar-refractivity contribution >= 4 is 11.8 Å². The molecule has 4 aromatic rings. The lowest BCUT2D eigenvalue weighted by atomic mass is 9.87. The van der Waals surface area contributed by atoms with E-state index in [1.807, 2.05) is 66.7 Å². The zero-order valence-corrected chi connectivity index (χ0v) is 24.7. The maximum Gasteiger partial charge on any atom is 0.331 e. The first kappa shape index (κ1) is 29.0. The number of carbonyl (C=O) groups is 2. The topological polar surface area (TPSA) is 112 Å². The van der Waals surface area contributed by atoms with Gasteiger partial charge in [0.1, 0.15) is 22.9 Å². The van der Waals surface area contributed by atoms with Crippen LogP contribution in [0.25, 0.3) is 0 Å². The Morgan fingerprint density at radius 1 is 0.841 bits per heavy atom. The number of hydrogen-bond donors (Lipinski definition) is 1. The standard InChI is InChI=1S/C34H34N4O6/c1-36-29(21-31(40)37(2)34(36)42)33(41)38-17-15-23-19-27-12-13-28(23)32(38)24-5-3-6-26(20-24)43-18-4-16-35-30(39)14-9-22-7-10-25(44-27)11-8-22/h3,5-8,10-13,19-21,32H,4,9,14-18H2,1-2H3,(H,35,39). The van der Waals surface area contributed by atoms with Gasteiger partial charge in [-0.25, -0.2) is 4.79 Å². The maximum absolute atomic E-state index is 14.1. The molecule has 5 aliphatic heterocycles. The van der Waals surface area contributed by atoms with Crippen LogP contribution in [0.3, 0.4) is 0 Å². The summed E-state index contributed by atoms with van der Waals surface area (Å²) in [6.07, 6.45) is 2.23. The number of rotatable bonds is 1.